The van der Waals surface area contributed by atoms with Crippen LogP contribution in [0.1, 0.15) is 42.1 Å². The summed E-state index contributed by atoms with van der Waals surface area (Å²) in [6, 6.07) is 7.20. The van der Waals surface area contributed by atoms with Gasteiger partial charge in [0.15, 0.2) is 6.29 Å². The van der Waals surface area contributed by atoms with E-state index in [9.17, 15) is 13.6 Å². The number of aliphatic imine (C=N–C) groups is 2. The quantitative estimate of drug-likeness (QED) is 0.435. The second-order valence-corrected chi connectivity index (χ2v) is 7.27. The molecular formula is C24H25F2N3O. The molecule has 0 saturated carbocycles. The number of halogens is 2. The van der Waals surface area contributed by atoms with Crippen LogP contribution < -0.4 is 0 Å². The normalized spacial score (nSPS) is 14.8. The number of nitrogens with zero attached hydrogens (tertiary/aromatic N) is 3. The Labute approximate surface area is 175 Å². The first kappa shape index (κ1) is 21.6. The molecule has 4 nitrogen and oxygen atoms in total. The van der Waals surface area contributed by atoms with E-state index in [0.717, 1.165) is 25.9 Å². The second kappa shape index (κ2) is 9.57. The van der Waals surface area contributed by atoms with Gasteiger partial charge in [-0.3, -0.25) is 14.8 Å². The molecule has 1 saturated heterocycles. The van der Waals surface area contributed by atoms with E-state index in [0.29, 0.717) is 40.8 Å². The van der Waals surface area contributed by atoms with Crippen LogP contribution in [0.5, 0.6) is 0 Å². The van der Waals surface area contributed by atoms with Crippen LogP contribution in [0.3, 0.4) is 0 Å². The Hall–Kier alpha value is -3.15. The molecule has 0 unspecified atom stereocenters. The third-order valence-electron chi connectivity index (χ3n) is 5.33. The van der Waals surface area contributed by atoms with Crippen LogP contribution in [0.2, 0.25) is 0 Å². The molecule has 0 amide bonds. The van der Waals surface area contributed by atoms with Crippen molar-refractivity contribution in [3.63, 3.8) is 0 Å². The number of hydrogen-bond donors (Lipinski definition) is 0. The Morgan fingerprint density at radius 3 is 2.57 bits per heavy atom. The molecule has 0 aromatic heterocycles. The molecular weight excluding hydrogens is 384 g/mol. The van der Waals surface area contributed by atoms with E-state index < -0.39 is 11.6 Å². The van der Waals surface area contributed by atoms with Gasteiger partial charge in [0, 0.05) is 36.1 Å². The first-order valence-electron chi connectivity index (χ1n) is 9.99. The van der Waals surface area contributed by atoms with Gasteiger partial charge < -0.3 is 4.90 Å². The molecule has 1 aliphatic heterocycles. The van der Waals surface area contributed by atoms with Gasteiger partial charge in [0.2, 0.25) is 0 Å². The summed E-state index contributed by atoms with van der Waals surface area (Å²) in [7, 11) is 0. The van der Waals surface area contributed by atoms with Crippen molar-refractivity contribution >= 4 is 30.6 Å². The number of piperidine rings is 1. The zero-order chi connectivity index (χ0) is 21.7. The summed E-state index contributed by atoms with van der Waals surface area (Å²) >= 11 is 0. The molecule has 0 radical (unpaired) electrons. The van der Waals surface area contributed by atoms with Crippen molar-refractivity contribution in [1.82, 2.24) is 4.90 Å². The molecule has 0 bridgehead atoms. The highest BCUT2D eigenvalue weighted by Crippen LogP contribution is 2.39. The van der Waals surface area contributed by atoms with Crippen molar-refractivity contribution < 1.29 is 13.6 Å². The van der Waals surface area contributed by atoms with Crippen molar-refractivity contribution in [3.05, 3.63) is 59.7 Å². The van der Waals surface area contributed by atoms with Crippen LogP contribution in [-0.4, -0.2) is 43.2 Å². The maximum Gasteiger partial charge on any atom is 0.152 e. The van der Waals surface area contributed by atoms with Gasteiger partial charge in [-0.15, -0.1) is 0 Å². The number of rotatable bonds is 7. The Morgan fingerprint density at radius 2 is 1.97 bits per heavy atom. The van der Waals surface area contributed by atoms with Crippen LogP contribution in [0.4, 0.5) is 14.5 Å². The molecule has 1 fully saturated rings. The van der Waals surface area contributed by atoms with Crippen molar-refractivity contribution in [2.24, 2.45) is 9.98 Å². The van der Waals surface area contributed by atoms with E-state index in [1.54, 1.807) is 12.3 Å². The Morgan fingerprint density at radius 1 is 1.23 bits per heavy atom. The summed E-state index contributed by atoms with van der Waals surface area (Å²) in [5, 5.41) is 0. The Balaban J connectivity index is 2.08. The van der Waals surface area contributed by atoms with E-state index >= 15 is 0 Å². The zero-order valence-corrected chi connectivity index (χ0v) is 17.1. The topological polar surface area (TPSA) is 45.0 Å². The summed E-state index contributed by atoms with van der Waals surface area (Å²) in [5.41, 5.74) is 2.63. The van der Waals surface area contributed by atoms with Crippen molar-refractivity contribution in [3.8, 4) is 11.1 Å². The van der Waals surface area contributed by atoms with Gasteiger partial charge in [-0.1, -0.05) is 19.6 Å². The molecule has 2 aromatic carbocycles. The number of aldehydes is 1. The summed E-state index contributed by atoms with van der Waals surface area (Å²) in [5.74, 6) is -1.12. The minimum Gasteiger partial charge on any atom is -0.371 e. The fourth-order valence-electron chi connectivity index (χ4n) is 3.64. The average molecular weight is 409 g/mol. The van der Waals surface area contributed by atoms with Gasteiger partial charge in [0.1, 0.15) is 11.6 Å². The van der Waals surface area contributed by atoms with Gasteiger partial charge in [-0.25, -0.2) is 8.78 Å². The minimum absolute atomic E-state index is 0.0444. The Kier molecular flexibility index (Phi) is 6.87. The van der Waals surface area contributed by atoms with Crippen molar-refractivity contribution in [1.29, 1.82) is 0 Å². The standard InChI is InChI=1S/C24H25F2N3O/c1-4-9-28-24-21(16(2)29-10-7-20(27-3)8-11-29)13-19(25)14-22(24)17-5-6-18(15-30)23(26)12-17/h5-6,9,12-15,20H,2-4,7-8,10-11H2,1H3. The van der Waals surface area contributed by atoms with Crippen LogP contribution in [0.15, 0.2) is 46.9 Å². The van der Waals surface area contributed by atoms with Gasteiger partial charge in [-0.05, 0) is 55.8 Å². The molecule has 0 spiro atoms. The van der Waals surface area contributed by atoms with Crippen LogP contribution >= 0.6 is 0 Å². The maximum atomic E-state index is 14.6. The highest BCUT2D eigenvalue weighted by molar-refractivity contribution is 5.88. The third-order valence-corrected chi connectivity index (χ3v) is 5.33. The highest BCUT2D eigenvalue weighted by atomic mass is 19.1. The van der Waals surface area contributed by atoms with Crippen molar-refractivity contribution in [2.75, 3.05) is 13.1 Å². The van der Waals surface area contributed by atoms with Gasteiger partial charge in [0.05, 0.1) is 17.3 Å². The number of hydrogen-bond acceptors (Lipinski definition) is 4. The molecule has 3 rings (SSSR count). The van der Waals surface area contributed by atoms with E-state index in [2.05, 4.69) is 28.2 Å². The molecule has 30 heavy (non-hydrogen) atoms. The first-order valence-corrected chi connectivity index (χ1v) is 9.99. The van der Waals surface area contributed by atoms with E-state index in [1.807, 2.05) is 6.92 Å². The zero-order valence-electron chi connectivity index (χ0n) is 17.1. The fourth-order valence-corrected chi connectivity index (χ4v) is 3.64. The van der Waals surface area contributed by atoms with Gasteiger partial charge >= 0.3 is 0 Å². The maximum absolute atomic E-state index is 14.6. The molecule has 1 aliphatic rings. The van der Waals surface area contributed by atoms with Gasteiger partial charge in [0.25, 0.3) is 0 Å². The first-order chi connectivity index (χ1) is 14.5. The average Bonchev–Trinajstić information content (AvgIpc) is 2.77. The van der Waals surface area contributed by atoms with E-state index in [1.165, 1.54) is 24.3 Å². The van der Waals surface area contributed by atoms with Crippen molar-refractivity contribution in [2.45, 2.75) is 32.2 Å². The predicted octanol–water partition coefficient (Wildman–Crippen LogP) is 5.69. The summed E-state index contributed by atoms with van der Waals surface area (Å²) in [4.78, 5) is 21.7. The molecule has 0 N–H and O–H groups in total. The molecule has 6 heteroatoms. The minimum atomic E-state index is -0.656. The smallest absolute Gasteiger partial charge is 0.152 e. The third kappa shape index (κ3) is 4.53. The van der Waals surface area contributed by atoms with Gasteiger partial charge in [-0.2, -0.15) is 0 Å². The second-order valence-electron chi connectivity index (χ2n) is 7.27. The monoisotopic (exact) mass is 409 g/mol. The lowest BCUT2D eigenvalue weighted by Gasteiger charge is -2.34. The van der Waals surface area contributed by atoms with Crippen LogP contribution in [0.25, 0.3) is 16.8 Å². The number of carbonyl (C=O) groups is 1. The highest BCUT2D eigenvalue weighted by Gasteiger charge is 2.23. The number of carbonyl (C=O) groups excluding carboxylic acids is 1. The lowest BCUT2D eigenvalue weighted by atomic mass is 9.96. The van der Waals surface area contributed by atoms with Crippen LogP contribution in [-0.2, 0) is 0 Å². The number of likely N-dealkylation sites (tertiary alicyclic amines) is 1. The molecule has 0 aliphatic carbocycles. The molecule has 156 valence electrons. The lowest BCUT2D eigenvalue weighted by molar-refractivity contribution is 0.112. The largest absolute Gasteiger partial charge is 0.371 e. The summed E-state index contributed by atoms with van der Waals surface area (Å²) in [6.07, 6.45) is 4.60. The molecule has 0 atom stereocenters. The Bertz CT molecular complexity index is 992. The van der Waals surface area contributed by atoms with E-state index in [-0.39, 0.29) is 11.6 Å². The predicted molar refractivity (Wildman–Crippen MR) is 119 cm³/mol. The van der Waals surface area contributed by atoms with E-state index in [4.69, 9.17) is 0 Å². The summed E-state index contributed by atoms with van der Waals surface area (Å²) in [6.45, 7) is 11.3. The lowest BCUT2D eigenvalue weighted by Crippen LogP contribution is -2.33. The molecule has 1 heterocycles. The fraction of sp³-hybridized carbons (Fsp3) is 0.292. The van der Waals surface area contributed by atoms with Crippen LogP contribution in [0, 0.1) is 11.6 Å². The summed E-state index contributed by atoms with van der Waals surface area (Å²) < 4.78 is 28.9. The molecule has 2 aromatic rings. The SMILES string of the molecule is C=NC1CCN(C(=C)c2cc(F)cc(-c3ccc(C=O)c(F)c3)c2N=CCC)CC1. The number of benzene rings is 2.